The average Bonchev–Trinajstić information content (AvgIpc) is 2.44. The highest BCUT2D eigenvalue weighted by Gasteiger charge is 2.16. The quantitative estimate of drug-likeness (QED) is 0.550. The van der Waals surface area contributed by atoms with Crippen LogP contribution in [0.4, 0.5) is 0 Å². The van der Waals surface area contributed by atoms with E-state index in [2.05, 4.69) is 0 Å². The summed E-state index contributed by atoms with van der Waals surface area (Å²) < 4.78 is 6.00. The van der Waals surface area contributed by atoms with Crippen LogP contribution in [0.1, 0.15) is 0 Å². The Bertz CT molecular complexity index is 897. The average molecular weight is 396 g/mol. The topological polar surface area (TPSA) is 90.9 Å². The zero-order valence-electron chi connectivity index (χ0n) is 10.5. The molecule has 0 aliphatic carbocycles. The van der Waals surface area contributed by atoms with Crippen molar-refractivity contribution in [2.45, 2.75) is 0 Å². The molecule has 0 bridgehead atoms. The molecule has 106 valence electrons. The third-order valence-corrected chi connectivity index (χ3v) is 4.10. The number of benzene rings is 2. The molecule has 3 rings (SSSR count). The Morgan fingerprint density at radius 2 is 1.62 bits per heavy atom. The minimum Gasteiger partial charge on any atom is -0.508 e. The minimum atomic E-state index is -0.408. The molecule has 0 aliphatic heterocycles. The van der Waals surface area contributed by atoms with Gasteiger partial charge < -0.3 is 19.7 Å². The van der Waals surface area contributed by atoms with E-state index < -0.39 is 5.43 Å². The van der Waals surface area contributed by atoms with Crippen molar-refractivity contribution in [3.8, 4) is 28.6 Å². The van der Waals surface area contributed by atoms with Crippen LogP contribution in [0.5, 0.6) is 17.2 Å². The van der Waals surface area contributed by atoms with E-state index in [-0.39, 0.29) is 34.0 Å². The molecule has 21 heavy (non-hydrogen) atoms. The Kier molecular flexibility index (Phi) is 3.25. The molecule has 3 N–H and O–H groups in total. The van der Waals surface area contributed by atoms with Gasteiger partial charge in [-0.25, -0.2) is 0 Å². The molecule has 5 nitrogen and oxygen atoms in total. The maximum Gasteiger partial charge on any atom is 0.197 e. The van der Waals surface area contributed by atoms with E-state index in [0.717, 1.165) is 6.07 Å². The minimum absolute atomic E-state index is 0.0275. The van der Waals surface area contributed by atoms with E-state index in [1.54, 1.807) is 12.1 Å². The number of rotatable bonds is 1. The molecule has 1 heterocycles. The first-order chi connectivity index (χ1) is 9.97. The molecule has 0 unspecified atom stereocenters. The van der Waals surface area contributed by atoms with Gasteiger partial charge in [-0.05, 0) is 46.9 Å². The van der Waals surface area contributed by atoms with Crippen LogP contribution in [0.15, 0.2) is 45.6 Å². The lowest BCUT2D eigenvalue weighted by Crippen LogP contribution is -2.02. The SMILES string of the molecule is O=c1cc(-c2ccc(O)cc2)oc2c(I)c(O)cc(O)c12. The van der Waals surface area contributed by atoms with Gasteiger partial charge >= 0.3 is 0 Å². The maximum atomic E-state index is 12.2. The first-order valence-electron chi connectivity index (χ1n) is 5.95. The maximum absolute atomic E-state index is 12.2. The summed E-state index contributed by atoms with van der Waals surface area (Å²) in [6.45, 7) is 0. The summed E-state index contributed by atoms with van der Waals surface area (Å²) in [6, 6.07) is 8.54. The van der Waals surface area contributed by atoms with Gasteiger partial charge in [0, 0.05) is 17.7 Å². The zero-order valence-corrected chi connectivity index (χ0v) is 12.7. The predicted molar refractivity (Wildman–Crippen MR) is 85.6 cm³/mol. The Hall–Kier alpha value is -2.22. The molecule has 0 saturated heterocycles. The van der Waals surface area contributed by atoms with E-state index >= 15 is 0 Å². The molecular formula is C15H9IO5. The van der Waals surface area contributed by atoms with Crippen molar-refractivity contribution in [2.24, 2.45) is 0 Å². The lowest BCUT2D eigenvalue weighted by atomic mass is 10.1. The van der Waals surface area contributed by atoms with Gasteiger partial charge in [0.25, 0.3) is 0 Å². The second-order valence-electron chi connectivity index (χ2n) is 4.45. The first-order valence-corrected chi connectivity index (χ1v) is 7.03. The standard InChI is InChI=1S/C15H9IO5/c16-14-11(20)5-9(18)13-10(19)6-12(21-15(13)14)7-1-3-8(17)4-2-7/h1-6,17-18,20H. The Balaban J connectivity index is 2.35. The molecule has 0 saturated carbocycles. The third-order valence-electron chi connectivity index (χ3n) is 3.05. The lowest BCUT2D eigenvalue weighted by Gasteiger charge is -2.07. The zero-order chi connectivity index (χ0) is 15.1. The van der Waals surface area contributed by atoms with Gasteiger partial charge in [-0.15, -0.1) is 0 Å². The number of phenols is 3. The molecule has 0 aliphatic rings. The smallest absolute Gasteiger partial charge is 0.197 e. The lowest BCUT2D eigenvalue weighted by molar-refractivity contribution is 0.449. The Morgan fingerprint density at radius 1 is 0.952 bits per heavy atom. The van der Waals surface area contributed by atoms with Crippen LogP contribution in [-0.2, 0) is 0 Å². The van der Waals surface area contributed by atoms with E-state index in [9.17, 15) is 20.1 Å². The molecule has 1 aromatic heterocycles. The van der Waals surface area contributed by atoms with Gasteiger partial charge in [0.2, 0.25) is 0 Å². The van der Waals surface area contributed by atoms with Crippen molar-refractivity contribution in [3.05, 3.63) is 50.2 Å². The van der Waals surface area contributed by atoms with E-state index in [4.69, 9.17) is 4.42 Å². The van der Waals surface area contributed by atoms with Gasteiger partial charge in [0.05, 0.1) is 3.57 Å². The second-order valence-corrected chi connectivity index (χ2v) is 5.53. The van der Waals surface area contributed by atoms with Crippen LogP contribution in [-0.4, -0.2) is 15.3 Å². The van der Waals surface area contributed by atoms with Crippen molar-refractivity contribution >= 4 is 33.6 Å². The van der Waals surface area contributed by atoms with Crippen LogP contribution < -0.4 is 5.43 Å². The van der Waals surface area contributed by atoms with Crippen molar-refractivity contribution in [1.82, 2.24) is 0 Å². The number of fused-ring (bicyclic) bond motifs is 1. The molecule has 2 aromatic carbocycles. The van der Waals surface area contributed by atoms with Gasteiger partial charge in [-0.3, -0.25) is 4.79 Å². The molecule has 0 radical (unpaired) electrons. The number of hydrogen-bond donors (Lipinski definition) is 3. The summed E-state index contributed by atoms with van der Waals surface area (Å²) in [7, 11) is 0. The Morgan fingerprint density at radius 3 is 2.29 bits per heavy atom. The second kappa shape index (κ2) is 4.96. The van der Waals surface area contributed by atoms with Gasteiger partial charge in [-0.2, -0.15) is 0 Å². The molecular weight excluding hydrogens is 387 g/mol. The highest BCUT2D eigenvalue weighted by molar-refractivity contribution is 14.1. The van der Waals surface area contributed by atoms with Gasteiger partial charge in [0.15, 0.2) is 11.0 Å². The fourth-order valence-electron chi connectivity index (χ4n) is 2.04. The first kappa shape index (κ1) is 13.7. The van der Waals surface area contributed by atoms with Crippen LogP contribution in [0.3, 0.4) is 0 Å². The van der Waals surface area contributed by atoms with Crippen molar-refractivity contribution in [2.75, 3.05) is 0 Å². The molecule has 0 spiro atoms. The monoisotopic (exact) mass is 396 g/mol. The number of hydrogen-bond acceptors (Lipinski definition) is 5. The highest BCUT2D eigenvalue weighted by Crippen LogP contribution is 2.35. The molecule has 0 amide bonds. The fourth-order valence-corrected chi connectivity index (χ4v) is 2.58. The summed E-state index contributed by atoms with van der Waals surface area (Å²) in [6.07, 6.45) is 0. The van der Waals surface area contributed by atoms with E-state index in [1.807, 2.05) is 22.6 Å². The van der Waals surface area contributed by atoms with Crippen LogP contribution in [0.25, 0.3) is 22.3 Å². The molecule has 6 heteroatoms. The summed E-state index contributed by atoms with van der Waals surface area (Å²) in [5.41, 5.74) is 0.323. The summed E-state index contributed by atoms with van der Waals surface area (Å²) in [5.74, 6) is -0.0947. The highest BCUT2D eigenvalue weighted by atomic mass is 127. The fraction of sp³-hybridized carbons (Fsp3) is 0. The molecule has 0 atom stereocenters. The summed E-state index contributed by atoms with van der Waals surface area (Å²) in [5, 5.41) is 28.8. The van der Waals surface area contributed by atoms with Crippen molar-refractivity contribution in [1.29, 1.82) is 0 Å². The number of aromatic hydroxyl groups is 3. The van der Waals surface area contributed by atoms with Gasteiger partial charge in [0.1, 0.15) is 28.4 Å². The molecule has 3 aromatic rings. The number of phenolic OH excluding ortho intramolecular Hbond substituents is 3. The van der Waals surface area contributed by atoms with Crippen LogP contribution in [0.2, 0.25) is 0 Å². The normalized spacial score (nSPS) is 10.9. The number of halogens is 1. The molecule has 0 fully saturated rings. The van der Waals surface area contributed by atoms with E-state index in [0.29, 0.717) is 9.13 Å². The van der Waals surface area contributed by atoms with Crippen molar-refractivity contribution < 1.29 is 19.7 Å². The van der Waals surface area contributed by atoms with E-state index in [1.165, 1.54) is 18.2 Å². The largest absolute Gasteiger partial charge is 0.508 e. The van der Waals surface area contributed by atoms with Crippen LogP contribution in [0, 0.1) is 3.57 Å². The summed E-state index contributed by atoms with van der Waals surface area (Å²) >= 11 is 1.84. The van der Waals surface area contributed by atoms with Gasteiger partial charge in [-0.1, -0.05) is 0 Å². The predicted octanol–water partition coefficient (Wildman–Crippen LogP) is 3.18. The van der Waals surface area contributed by atoms with Crippen LogP contribution >= 0.6 is 22.6 Å². The van der Waals surface area contributed by atoms with Crippen molar-refractivity contribution in [3.63, 3.8) is 0 Å². The third kappa shape index (κ3) is 2.31. The Labute approximate surface area is 132 Å². The summed E-state index contributed by atoms with van der Waals surface area (Å²) in [4.78, 5) is 12.2.